The van der Waals surface area contributed by atoms with Crippen LogP contribution >= 0.6 is 0 Å². The van der Waals surface area contributed by atoms with Gasteiger partial charge in [0, 0.05) is 30.2 Å². The van der Waals surface area contributed by atoms with Gasteiger partial charge >= 0.3 is 0 Å². The maximum atomic E-state index is 5.80. The van der Waals surface area contributed by atoms with E-state index in [4.69, 9.17) is 11.5 Å². The Morgan fingerprint density at radius 1 is 0.625 bits per heavy atom. The first-order chi connectivity index (χ1) is 11.6. The van der Waals surface area contributed by atoms with Crippen LogP contribution in [0.5, 0.6) is 0 Å². The molecule has 0 atom stereocenters. The van der Waals surface area contributed by atoms with Crippen molar-refractivity contribution in [3.05, 3.63) is 89.5 Å². The number of benzene rings is 3. The molecule has 3 nitrogen and oxygen atoms in total. The van der Waals surface area contributed by atoms with E-state index in [-0.39, 0.29) is 0 Å². The molecule has 0 aliphatic rings. The molecule has 24 heavy (non-hydrogen) atoms. The van der Waals surface area contributed by atoms with Crippen molar-refractivity contribution in [2.75, 3.05) is 16.4 Å². The Balaban J connectivity index is 1.86. The summed E-state index contributed by atoms with van der Waals surface area (Å²) in [4.78, 5) is 2.36. The minimum Gasteiger partial charge on any atom is -0.399 e. The third-order valence-corrected chi connectivity index (χ3v) is 4.11. The van der Waals surface area contributed by atoms with Crippen molar-refractivity contribution in [3.63, 3.8) is 0 Å². The van der Waals surface area contributed by atoms with Crippen LogP contribution in [-0.4, -0.2) is 0 Å². The maximum absolute atomic E-state index is 5.80. The molecule has 4 N–H and O–H groups in total. The Morgan fingerprint density at radius 2 is 1.04 bits per heavy atom. The molecule has 0 aromatic heterocycles. The number of hydrogen-bond acceptors (Lipinski definition) is 3. The second-order valence-electron chi connectivity index (χ2n) is 6.17. The van der Waals surface area contributed by atoms with E-state index in [2.05, 4.69) is 60.4 Å². The highest BCUT2D eigenvalue weighted by molar-refractivity contribution is 5.50. The van der Waals surface area contributed by atoms with E-state index in [0.29, 0.717) is 0 Å². The van der Waals surface area contributed by atoms with Gasteiger partial charge in [0.15, 0.2) is 0 Å². The third kappa shape index (κ3) is 4.07. The van der Waals surface area contributed by atoms with Crippen molar-refractivity contribution in [1.29, 1.82) is 0 Å². The standard InChI is InChI=1S/C21H23N3/c1-16-2-12-21(13-3-16)24(14-17-4-8-19(22)9-5-17)15-18-6-10-20(23)11-7-18/h2-13H,14-15,22-23H2,1H3. The molecule has 3 aromatic rings. The SMILES string of the molecule is Cc1ccc(N(Cc2ccc(N)cc2)Cc2ccc(N)cc2)cc1. The lowest BCUT2D eigenvalue weighted by molar-refractivity contribution is 0.800. The summed E-state index contributed by atoms with van der Waals surface area (Å²) in [7, 11) is 0. The smallest absolute Gasteiger partial charge is 0.0433 e. The van der Waals surface area contributed by atoms with Gasteiger partial charge in [-0.3, -0.25) is 0 Å². The van der Waals surface area contributed by atoms with Gasteiger partial charge in [0.25, 0.3) is 0 Å². The van der Waals surface area contributed by atoms with Crippen molar-refractivity contribution in [1.82, 2.24) is 0 Å². The molecule has 0 heterocycles. The molecule has 0 unspecified atom stereocenters. The van der Waals surface area contributed by atoms with Gasteiger partial charge in [0.2, 0.25) is 0 Å². The fourth-order valence-electron chi connectivity index (χ4n) is 2.68. The van der Waals surface area contributed by atoms with Crippen LogP contribution in [0.1, 0.15) is 16.7 Å². The highest BCUT2D eigenvalue weighted by atomic mass is 15.1. The number of nitrogen functional groups attached to an aromatic ring is 2. The summed E-state index contributed by atoms with van der Waals surface area (Å²) in [6.07, 6.45) is 0. The minimum absolute atomic E-state index is 0.791. The van der Waals surface area contributed by atoms with Gasteiger partial charge in [-0.25, -0.2) is 0 Å². The Bertz CT molecular complexity index is 727. The normalized spacial score (nSPS) is 10.5. The summed E-state index contributed by atoms with van der Waals surface area (Å²) < 4.78 is 0. The number of anilines is 3. The molecule has 0 aliphatic carbocycles. The van der Waals surface area contributed by atoms with Gasteiger partial charge in [0.1, 0.15) is 0 Å². The predicted molar refractivity (Wildman–Crippen MR) is 103 cm³/mol. The van der Waals surface area contributed by atoms with Gasteiger partial charge in [-0.1, -0.05) is 42.0 Å². The molecule has 0 spiro atoms. The predicted octanol–water partition coefficient (Wildman–Crippen LogP) is 4.37. The fourth-order valence-corrected chi connectivity index (χ4v) is 2.68. The molecule has 0 radical (unpaired) electrons. The summed E-state index contributed by atoms with van der Waals surface area (Å²) in [6, 6.07) is 24.8. The van der Waals surface area contributed by atoms with E-state index in [1.165, 1.54) is 22.4 Å². The zero-order valence-corrected chi connectivity index (χ0v) is 13.9. The van der Waals surface area contributed by atoms with E-state index >= 15 is 0 Å². The van der Waals surface area contributed by atoms with Crippen LogP contribution < -0.4 is 16.4 Å². The lowest BCUT2D eigenvalue weighted by Gasteiger charge is -2.25. The average molecular weight is 317 g/mol. The molecular formula is C21H23N3. The van der Waals surface area contributed by atoms with Crippen molar-refractivity contribution in [3.8, 4) is 0 Å². The first-order valence-electron chi connectivity index (χ1n) is 8.10. The molecule has 0 saturated heterocycles. The van der Waals surface area contributed by atoms with Crippen molar-refractivity contribution < 1.29 is 0 Å². The fraction of sp³-hybridized carbons (Fsp3) is 0.143. The molecule has 122 valence electrons. The minimum atomic E-state index is 0.791. The van der Waals surface area contributed by atoms with E-state index < -0.39 is 0 Å². The summed E-state index contributed by atoms with van der Waals surface area (Å²) in [5.41, 5.74) is 18.1. The summed E-state index contributed by atoms with van der Waals surface area (Å²) in [5.74, 6) is 0. The molecule has 0 saturated carbocycles. The van der Waals surface area contributed by atoms with Crippen LogP contribution in [0.4, 0.5) is 17.1 Å². The number of nitrogens with zero attached hydrogens (tertiary/aromatic N) is 1. The van der Waals surface area contributed by atoms with Gasteiger partial charge in [-0.15, -0.1) is 0 Å². The maximum Gasteiger partial charge on any atom is 0.0433 e. The Labute approximate surface area is 143 Å². The van der Waals surface area contributed by atoms with Gasteiger partial charge in [-0.05, 0) is 54.4 Å². The third-order valence-electron chi connectivity index (χ3n) is 4.11. The zero-order valence-electron chi connectivity index (χ0n) is 13.9. The lowest BCUT2D eigenvalue weighted by atomic mass is 10.1. The molecule has 3 rings (SSSR count). The number of hydrogen-bond donors (Lipinski definition) is 2. The van der Waals surface area contributed by atoms with Crippen LogP contribution in [0.25, 0.3) is 0 Å². The van der Waals surface area contributed by atoms with Crippen LogP contribution in [0, 0.1) is 6.92 Å². The monoisotopic (exact) mass is 317 g/mol. The largest absolute Gasteiger partial charge is 0.399 e. The van der Waals surface area contributed by atoms with Crippen molar-refractivity contribution >= 4 is 17.1 Å². The molecule has 0 amide bonds. The van der Waals surface area contributed by atoms with E-state index in [0.717, 1.165) is 24.5 Å². The van der Waals surface area contributed by atoms with Crippen molar-refractivity contribution in [2.24, 2.45) is 0 Å². The van der Waals surface area contributed by atoms with Gasteiger partial charge < -0.3 is 16.4 Å². The van der Waals surface area contributed by atoms with Crippen LogP contribution in [0.15, 0.2) is 72.8 Å². The van der Waals surface area contributed by atoms with Crippen molar-refractivity contribution in [2.45, 2.75) is 20.0 Å². The first-order valence-corrected chi connectivity index (χ1v) is 8.10. The summed E-state index contributed by atoms with van der Waals surface area (Å²) in [6.45, 7) is 3.76. The number of aryl methyl sites for hydroxylation is 1. The summed E-state index contributed by atoms with van der Waals surface area (Å²) >= 11 is 0. The lowest BCUT2D eigenvalue weighted by Crippen LogP contribution is -2.22. The van der Waals surface area contributed by atoms with Crippen LogP contribution in [-0.2, 0) is 13.1 Å². The Hall–Kier alpha value is -2.94. The quantitative estimate of drug-likeness (QED) is 0.687. The second kappa shape index (κ2) is 7.09. The second-order valence-corrected chi connectivity index (χ2v) is 6.17. The number of rotatable bonds is 5. The van der Waals surface area contributed by atoms with Crippen LogP contribution in [0.3, 0.4) is 0 Å². The highest BCUT2D eigenvalue weighted by Gasteiger charge is 2.09. The Kier molecular flexibility index (Phi) is 4.71. The molecule has 0 aliphatic heterocycles. The average Bonchev–Trinajstić information content (AvgIpc) is 2.59. The van der Waals surface area contributed by atoms with Gasteiger partial charge in [-0.2, -0.15) is 0 Å². The zero-order chi connectivity index (χ0) is 16.9. The molecule has 3 aromatic carbocycles. The van der Waals surface area contributed by atoms with E-state index in [1.807, 2.05) is 24.3 Å². The van der Waals surface area contributed by atoms with E-state index in [9.17, 15) is 0 Å². The topological polar surface area (TPSA) is 55.3 Å². The summed E-state index contributed by atoms with van der Waals surface area (Å²) in [5, 5.41) is 0. The molecule has 0 fully saturated rings. The van der Waals surface area contributed by atoms with E-state index in [1.54, 1.807) is 0 Å². The molecule has 3 heteroatoms. The Morgan fingerprint density at radius 3 is 1.46 bits per heavy atom. The van der Waals surface area contributed by atoms with Gasteiger partial charge in [0.05, 0.1) is 0 Å². The van der Waals surface area contributed by atoms with Crippen LogP contribution in [0.2, 0.25) is 0 Å². The molecular weight excluding hydrogens is 294 g/mol. The molecule has 0 bridgehead atoms. The number of nitrogens with two attached hydrogens (primary N) is 2. The first kappa shape index (κ1) is 15.9. The highest BCUT2D eigenvalue weighted by Crippen LogP contribution is 2.21.